The number of carbonyl (C=O) groups is 1. The van der Waals surface area contributed by atoms with Crippen LogP contribution in [0.3, 0.4) is 0 Å². The molecule has 3 aromatic rings. The maximum absolute atomic E-state index is 12.0. The molecule has 2 aromatic heterocycles. The number of hydrogen-bond donors (Lipinski definition) is 1. The van der Waals surface area contributed by atoms with Crippen LogP contribution in [0.15, 0.2) is 53.1 Å². The van der Waals surface area contributed by atoms with Crippen molar-refractivity contribution < 1.29 is 9.21 Å². The molecule has 25 heavy (non-hydrogen) atoms. The van der Waals surface area contributed by atoms with Crippen molar-refractivity contribution in [3.8, 4) is 11.3 Å². The maximum Gasteiger partial charge on any atom is 0.220 e. The van der Waals surface area contributed by atoms with Gasteiger partial charge in [0.25, 0.3) is 0 Å². The van der Waals surface area contributed by atoms with Crippen molar-refractivity contribution in [3.05, 3.63) is 71.5 Å². The minimum absolute atomic E-state index is 0.0432. The summed E-state index contributed by atoms with van der Waals surface area (Å²) in [4.78, 5) is 20.6. The summed E-state index contributed by atoms with van der Waals surface area (Å²) in [6, 6.07) is 13.8. The van der Waals surface area contributed by atoms with Gasteiger partial charge >= 0.3 is 0 Å². The van der Waals surface area contributed by atoms with Crippen molar-refractivity contribution in [1.29, 1.82) is 0 Å². The van der Waals surface area contributed by atoms with Crippen LogP contribution in [0.1, 0.15) is 29.3 Å². The molecular weight excluding hydrogens is 314 g/mol. The summed E-state index contributed by atoms with van der Waals surface area (Å²) in [6.07, 6.45) is 2.51. The van der Waals surface area contributed by atoms with Crippen LogP contribution in [0.2, 0.25) is 0 Å². The Morgan fingerprint density at radius 1 is 1.12 bits per heavy atom. The number of nitrogens with zero attached hydrogens (tertiary/aromatic N) is 2. The monoisotopic (exact) mass is 335 g/mol. The predicted molar refractivity (Wildman–Crippen MR) is 95.8 cm³/mol. The van der Waals surface area contributed by atoms with Gasteiger partial charge in [-0.2, -0.15) is 0 Å². The molecule has 128 valence electrons. The number of oxazole rings is 1. The second kappa shape index (κ2) is 7.75. The van der Waals surface area contributed by atoms with Gasteiger partial charge in [-0.05, 0) is 26.0 Å². The van der Waals surface area contributed by atoms with Gasteiger partial charge in [-0.25, -0.2) is 4.98 Å². The number of carbonyl (C=O) groups excluding carboxylic acids is 1. The zero-order chi connectivity index (χ0) is 17.6. The fourth-order valence-electron chi connectivity index (χ4n) is 2.47. The molecular formula is C20H21N3O2. The van der Waals surface area contributed by atoms with Gasteiger partial charge in [0.1, 0.15) is 0 Å². The van der Waals surface area contributed by atoms with E-state index in [0.717, 1.165) is 22.7 Å². The molecule has 3 rings (SSSR count). The van der Waals surface area contributed by atoms with Gasteiger partial charge in [0, 0.05) is 24.1 Å². The van der Waals surface area contributed by atoms with Crippen LogP contribution in [-0.4, -0.2) is 15.9 Å². The van der Waals surface area contributed by atoms with E-state index in [4.69, 9.17) is 4.42 Å². The van der Waals surface area contributed by atoms with Gasteiger partial charge < -0.3 is 9.73 Å². The van der Waals surface area contributed by atoms with Crippen molar-refractivity contribution in [2.45, 2.75) is 33.2 Å². The largest absolute Gasteiger partial charge is 0.441 e. The van der Waals surface area contributed by atoms with E-state index < -0.39 is 0 Å². The predicted octanol–water partition coefficient (Wildman–Crippen LogP) is 3.60. The Morgan fingerprint density at radius 3 is 2.68 bits per heavy atom. The number of pyridine rings is 1. The van der Waals surface area contributed by atoms with E-state index in [0.29, 0.717) is 25.3 Å². The van der Waals surface area contributed by atoms with Gasteiger partial charge in [0.05, 0.1) is 18.4 Å². The molecule has 0 spiro atoms. The molecule has 0 saturated heterocycles. The Kier molecular flexibility index (Phi) is 5.23. The van der Waals surface area contributed by atoms with Crippen LogP contribution in [0.25, 0.3) is 11.3 Å². The number of hydrogen-bond acceptors (Lipinski definition) is 4. The Labute approximate surface area is 147 Å². The lowest BCUT2D eigenvalue weighted by atomic mass is 10.1. The van der Waals surface area contributed by atoms with Crippen molar-refractivity contribution in [2.24, 2.45) is 0 Å². The lowest BCUT2D eigenvalue weighted by Gasteiger charge is -2.04. The van der Waals surface area contributed by atoms with Gasteiger partial charge in [-0.3, -0.25) is 9.78 Å². The minimum atomic E-state index is -0.0432. The standard InChI is InChI=1S/C20H21N3O2/c1-14-6-8-16(9-7-14)18-13-22-20(25-18)11-10-19(24)21-12-17-5-3-4-15(2)23-17/h3-9,13H,10-12H2,1-2H3,(H,21,24). The molecule has 0 unspecified atom stereocenters. The summed E-state index contributed by atoms with van der Waals surface area (Å²) in [5, 5.41) is 2.87. The van der Waals surface area contributed by atoms with Crippen LogP contribution in [0, 0.1) is 13.8 Å². The van der Waals surface area contributed by atoms with Gasteiger partial charge in [0.15, 0.2) is 11.7 Å². The van der Waals surface area contributed by atoms with Gasteiger partial charge in [-0.1, -0.05) is 35.9 Å². The SMILES string of the molecule is Cc1ccc(-c2cnc(CCC(=O)NCc3cccc(C)n3)o2)cc1. The van der Waals surface area contributed by atoms with Gasteiger partial charge in [-0.15, -0.1) is 0 Å². The molecule has 5 nitrogen and oxygen atoms in total. The first kappa shape index (κ1) is 16.9. The summed E-state index contributed by atoms with van der Waals surface area (Å²) in [5.41, 5.74) is 3.98. The van der Waals surface area contributed by atoms with Crippen LogP contribution in [0.4, 0.5) is 0 Å². The fraction of sp³-hybridized carbons (Fsp3) is 0.250. The highest BCUT2D eigenvalue weighted by atomic mass is 16.4. The third kappa shape index (κ3) is 4.76. The van der Waals surface area contributed by atoms with Crippen molar-refractivity contribution in [1.82, 2.24) is 15.3 Å². The number of aromatic nitrogens is 2. The second-order valence-electron chi connectivity index (χ2n) is 6.03. The van der Waals surface area contributed by atoms with Crippen LogP contribution in [-0.2, 0) is 17.8 Å². The number of nitrogens with one attached hydrogen (secondary N) is 1. The summed E-state index contributed by atoms with van der Waals surface area (Å²) in [6.45, 7) is 4.40. The summed E-state index contributed by atoms with van der Waals surface area (Å²) < 4.78 is 5.74. The average molecular weight is 335 g/mol. The van der Waals surface area contributed by atoms with Crippen LogP contribution < -0.4 is 5.32 Å². The lowest BCUT2D eigenvalue weighted by Crippen LogP contribution is -2.23. The van der Waals surface area contributed by atoms with Crippen molar-refractivity contribution >= 4 is 5.91 Å². The van der Waals surface area contributed by atoms with E-state index in [1.807, 2.05) is 56.3 Å². The Hall–Kier alpha value is -2.95. The number of aryl methyl sites for hydroxylation is 3. The number of amides is 1. The fourth-order valence-corrected chi connectivity index (χ4v) is 2.47. The minimum Gasteiger partial charge on any atom is -0.441 e. The zero-order valence-electron chi connectivity index (χ0n) is 14.5. The molecule has 1 aromatic carbocycles. The Balaban J connectivity index is 1.50. The summed E-state index contributed by atoms with van der Waals surface area (Å²) in [7, 11) is 0. The molecule has 0 saturated carbocycles. The molecule has 0 bridgehead atoms. The molecule has 0 atom stereocenters. The van der Waals surface area contributed by atoms with E-state index in [-0.39, 0.29) is 5.91 Å². The topological polar surface area (TPSA) is 68.0 Å². The van der Waals surface area contributed by atoms with Crippen LogP contribution in [0.5, 0.6) is 0 Å². The first-order chi connectivity index (χ1) is 12.1. The highest BCUT2D eigenvalue weighted by molar-refractivity contribution is 5.76. The smallest absolute Gasteiger partial charge is 0.220 e. The highest BCUT2D eigenvalue weighted by Gasteiger charge is 2.09. The Morgan fingerprint density at radius 2 is 1.92 bits per heavy atom. The zero-order valence-corrected chi connectivity index (χ0v) is 14.5. The molecule has 2 heterocycles. The van der Waals surface area contributed by atoms with E-state index >= 15 is 0 Å². The molecule has 5 heteroatoms. The molecule has 0 fully saturated rings. The number of rotatable bonds is 6. The normalized spacial score (nSPS) is 10.6. The third-order valence-electron chi connectivity index (χ3n) is 3.87. The average Bonchev–Trinajstić information content (AvgIpc) is 3.08. The van der Waals surface area contributed by atoms with E-state index in [2.05, 4.69) is 15.3 Å². The van der Waals surface area contributed by atoms with Gasteiger partial charge in [0.2, 0.25) is 5.91 Å². The van der Waals surface area contributed by atoms with Crippen molar-refractivity contribution in [2.75, 3.05) is 0 Å². The first-order valence-corrected chi connectivity index (χ1v) is 8.31. The highest BCUT2D eigenvalue weighted by Crippen LogP contribution is 2.21. The van der Waals surface area contributed by atoms with Crippen molar-refractivity contribution in [3.63, 3.8) is 0 Å². The van der Waals surface area contributed by atoms with E-state index in [1.54, 1.807) is 6.20 Å². The maximum atomic E-state index is 12.0. The van der Waals surface area contributed by atoms with E-state index in [1.165, 1.54) is 5.56 Å². The third-order valence-corrected chi connectivity index (χ3v) is 3.87. The van der Waals surface area contributed by atoms with E-state index in [9.17, 15) is 4.79 Å². The molecule has 0 aliphatic heterocycles. The Bertz CT molecular complexity index is 853. The van der Waals surface area contributed by atoms with Crippen LogP contribution >= 0.6 is 0 Å². The molecule has 1 amide bonds. The molecule has 0 radical (unpaired) electrons. The number of benzene rings is 1. The summed E-state index contributed by atoms with van der Waals surface area (Å²) in [5.74, 6) is 1.25. The lowest BCUT2D eigenvalue weighted by molar-refractivity contribution is -0.121. The first-order valence-electron chi connectivity index (χ1n) is 8.31. The summed E-state index contributed by atoms with van der Waals surface area (Å²) >= 11 is 0. The second-order valence-corrected chi connectivity index (χ2v) is 6.03. The molecule has 0 aliphatic carbocycles. The quantitative estimate of drug-likeness (QED) is 0.747. The molecule has 1 N–H and O–H groups in total. The molecule has 0 aliphatic rings.